The molecule has 2 unspecified atom stereocenters. The second-order valence-corrected chi connectivity index (χ2v) is 6.14. The van der Waals surface area contributed by atoms with Crippen LogP contribution in [0.15, 0.2) is 0 Å². The molecule has 1 aliphatic carbocycles. The Kier molecular flexibility index (Phi) is 7.11. The van der Waals surface area contributed by atoms with E-state index in [9.17, 15) is 14.7 Å². The highest BCUT2D eigenvalue weighted by Gasteiger charge is 2.29. The number of esters is 1. The summed E-state index contributed by atoms with van der Waals surface area (Å²) in [7, 11) is 3.21. The van der Waals surface area contributed by atoms with Gasteiger partial charge in [-0.3, -0.25) is 9.69 Å². The maximum Gasteiger partial charge on any atom is 0.328 e. The number of methoxy groups -OCH3 is 1. The summed E-state index contributed by atoms with van der Waals surface area (Å²) in [5.74, 6) is -0.0761. The van der Waals surface area contributed by atoms with Crippen LogP contribution < -0.4 is 5.32 Å². The average molecular weight is 300 g/mol. The molecule has 1 amide bonds. The fourth-order valence-electron chi connectivity index (χ4n) is 2.62. The molecule has 0 aromatic rings. The topological polar surface area (TPSA) is 78.9 Å². The summed E-state index contributed by atoms with van der Waals surface area (Å²) in [6, 6.07) is -0.591. The van der Waals surface area contributed by atoms with Crippen LogP contribution in [0.5, 0.6) is 0 Å². The van der Waals surface area contributed by atoms with E-state index < -0.39 is 12.0 Å². The van der Waals surface area contributed by atoms with E-state index in [1.807, 2.05) is 25.8 Å². The van der Waals surface area contributed by atoms with Crippen molar-refractivity contribution in [1.29, 1.82) is 0 Å². The predicted octanol–water partition coefficient (Wildman–Crippen LogP) is 0.393. The summed E-state index contributed by atoms with van der Waals surface area (Å²) in [5, 5.41) is 12.0. The minimum Gasteiger partial charge on any atom is -0.467 e. The monoisotopic (exact) mass is 300 g/mol. The van der Waals surface area contributed by atoms with Gasteiger partial charge < -0.3 is 15.2 Å². The van der Waals surface area contributed by atoms with Crippen molar-refractivity contribution < 1.29 is 19.4 Å². The molecule has 0 spiro atoms. The standard InChI is InChI=1S/C15H28N2O4/c1-5-10(2)14(15(20)21-4)16-13(19)9-17(3)8-11-6-12(18)7-11/h10-12,14,18H,5-9H2,1-4H3,(H,16,19). The number of aliphatic hydroxyl groups excluding tert-OH is 1. The first-order valence-electron chi connectivity index (χ1n) is 7.61. The lowest BCUT2D eigenvalue weighted by Gasteiger charge is -2.34. The van der Waals surface area contributed by atoms with Crippen LogP contribution in [-0.4, -0.2) is 61.3 Å². The third kappa shape index (κ3) is 5.63. The van der Waals surface area contributed by atoms with E-state index in [1.165, 1.54) is 7.11 Å². The van der Waals surface area contributed by atoms with Crippen molar-refractivity contribution in [3.8, 4) is 0 Å². The summed E-state index contributed by atoms with van der Waals surface area (Å²) in [5.41, 5.74) is 0. The predicted molar refractivity (Wildman–Crippen MR) is 79.6 cm³/mol. The van der Waals surface area contributed by atoms with Crippen LogP contribution >= 0.6 is 0 Å². The van der Waals surface area contributed by atoms with E-state index in [0.29, 0.717) is 5.92 Å². The van der Waals surface area contributed by atoms with Crippen molar-refractivity contribution in [2.45, 2.75) is 45.3 Å². The van der Waals surface area contributed by atoms with Gasteiger partial charge in [0.05, 0.1) is 19.8 Å². The van der Waals surface area contributed by atoms with Crippen LogP contribution in [0.25, 0.3) is 0 Å². The number of nitrogens with one attached hydrogen (secondary N) is 1. The fraction of sp³-hybridized carbons (Fsp3) is 0.867. The van der Waals surface area contributed by atoms with Crippen molar-refractivity contribution >= 4 is 11.9 Å². The zero-order valence-corrected chi connectivity index (χ0v) is 13.5. The number of nitrogens with zero attached hydrogens (tertiary/aromatic N) is 1. The van der Waals surface area contributed by atoms with Gasteiger partial charge in [0.2, 0.25) is 5.91 Å². The summed E-state index contributed by atoms with van der Waals surface area (Å²) < 4.78 is 4.75. The number of carbonyl (C=O) groups is 2. The largest absolute Gasteiger partial charge is 0.467 e. The normalized spacial score (nSPS) is 24.1. The van der Waals surface area contributed by atoms with Gasteiger partial charge in [0.15, 0.2) is 0 Å². The van der Waals surface area contributed by atoms with Gasteiger partial charge in [0.25, 0.3) is 0 Å². The molecule has 0 aromatic carbocycles. The van der Waals surface area contributed by atoms with E-state index in [4.69, 9.17) is 4.74 Å². The Morgan fingerprint density at radius 1 is 1.43 bits per heavy atom. The first-order chi connectivity index (χ1) is 9.87. The molecule has 2 atom stereocenters. The SMILES string of the molecule is CCC(C)C(NC(=O)CN(C)CC1CC(O)C1)C(=O)OC. The van der Waals surface area contributed by atoms with Crippen LogP contribution in [-0.2, 0) is 14.3 Å². The zero-order valence-electron chi connectivity index (χ0n) is 13.5. The second-order valence-electron chi connectivity index (χ2n) is 6.14. The van der Waals surface area contributed by atoms with E-state index in [2.05, 4.69) is 5.32 Å². The number of aliphatic hydroxyl groups is 1. The van der Waals surface area contributed by atoms with Crippen LogP contribution in [0.1, 0.15) is 33.1 Å². The highest BCUT2D eigenvalue weighted by atomic mass is 16.5. The Morgan fingerprint density at radius 2 is 2.05 bits per heavy atom. The third-order valence-corrected chi connectivity index (χ3v) is 4.18. The van der Waals surface area contributed by atoms with Gasteiger partial charge in [-0.1, -0.05) is 20.3 Å². The highest BCUT2D eigenvalue weighted by molar-refractivity contribution is 5.85. The van der Waals surface area contributed by atoms with Gasteiger partial charge in [-0.05, 0) is 31.7 Å². The van der Waals surface area contributed by atoms with Gasteiger partial charge in [-0.2, -0.15) is 0 Å². The Balaban J connectivity index is 2.40. The Bertz CT molecular complexity index is 356. The molecule has 6 nitrogen and oxygen atoms in total. The second kappa shape index (κ2) is 8.34. The van der Waals surface area contributed by atoms with E-state index in [-0.39, 0.29) is 24.5 Å². The van der Waals surface area contributed by atoms with Gasteiger partial charge in [-0.25, -0.2) is 4.79 Å². The van der Waals surface area contributed by atoms with Crippen molar-refractivity contribution in [3.05, 3.63) is 0 Å². The molecule has 122 valence electrons. The van der Waals surface area contributed by atoms with Crippen LogP contribution in [0.2, 0.25) is 0 Å². The molecule has 1 fully saturated rings. The van der Waals surface area contributed by atoms with Crippen molar-refractivity contribution in [2.75, 3.05) is 27.2 Å². The first kappa shape index (κ1) is 17.9. The van der Waals surface area contributed by atoms with Crippen LogP contribution in [0, 0.1) is 11.8 Å². The first-order valence-corrected chi connectivity index (χ1v) is 7.61. The number of hydrogen-bond donors (Lipinski definition) is 2. The maximum absolute atomic E-state index is 12.0. The van der Waals surface area contributed by atoms with Crippen molar-refractivity contribution in [1.82, 2.24) is 10.2 Å². The number of likely N-dealkylation sites (N-methyl/N-ethyl adjacent to an activating group) is 1. The van der Waals surface area contributed by atoms with Crippen LogP contribution in [0.4, 0.5) is 0 Å². The molecule has 21 heavy (non-hydrogen) atoms. The molecule has 2 N–H and O–H groups in total. The van der Waals surface area contributed by atoms with Crippen molar-refractivity contribution in [3.63, 3.8) is 0 Å². The molecular formula is C15H28N2O4. The van der Waals surface area contributed by atoms with Gasteiger partial charge in [0.1, 0.15) is 6.04 Å². The summed E-state index contributed by atoms with van der Waals surface area (Å²) in [6.07, 6.45) is 2.23. The number of hydrogen-bond acceptors (Lipinski definition) is 5. The van der Waals surface area contributed by atoms with Gasteiger partial charge >= 0.3 is 5.97 Å². The number of ether oxygens (including phenoxy) is 1. The van der Waals surface area contributed by atoms with Gasteiger partial charge in [0, 0.05) is 6.54 Å². The molecule has 0 aromatic heterocycles. The minimum absolute atomic E-state index is 0.0356. The molecule has 0 radical (unpaired) electrons. The van der Waals surface area contributed by atoms with E-state index >= 15 is 0 Å². The third-order valence-electron chi connectivity index (χ3n) is 4.18. The zero-order chi connectivity index (χ0) is 16.0. The summed E-state index contributed by atoms with van der Waals surface area (Å²) in [6.45, 7) is 4.93. The Hall–Kier alpha value is -1.14. The lowest BCUT2D eigenvalue weighted by molar-refractivity contribution is -0.146. The molecule has 6 heteroatoms. The molecule has 0 saturated heterocycles. The quantitative estimate of drug-likeness (QED) is 0.634. The van der Waals surface area contributed by atoms with Gasteiger partial charge in [-0.15, -0.1) is 0 Å². The average Bonchev–Trinajstić information content (AvgIpc) is 2.41. The number of rotatable bonds is 8. The molecule has 0 aliphatic heterocycles. The smallest absolute Gasteiger partial charge is 0.328 e. The van der Waals surface area contributed by atoms with Crippen molar-refractivity contribution in [2.24, 2.45) is 11.8 Å². The van der Waals surface area contributed by atoms with Crippen LogP contribution in [0.3, 0.4) is 0 Å². The van der Waals surface area contributed by atoms with E-state index in [0.717, 1.165) is 25.8 Å². The molecule has 0 heterocycles. The van der Waals surface area contributed by atoms with E-state index in [1.54, 1.807) is 0 Å². The minimum atomic E-state index is -0.591. The Morgan fingerprint density at radius 3 is 2.52 bits per heavy atom. The summed E-state index contributed by atoms with van der Waals surface area (Å²) >= 11 is 0. The molecule has 1 saturated carbocycles. The molecule has 1 aliphatic rings. The highest BCUT2D eigenvalue weighted by Crippen LogP contribution is 2.27. The number of amides is 1. The fourth-order valence-corrected chi connectivity index (χ4v) is 2.62. The lowest BCUT2D eigenvalue weighted by atomic mass is 9.82. The summed E-state index contributed by atoms with van der Waals surface area (Å²) in [4.78, 5) is 25.7. The lowest BCUT2D eigenvalue weighted by Crippen LogP contribution is -2.49. The molecular weight excluding hydrogens is 272 g/mol. The molecule has 0 bridgehead atoms. The Labute approximate surface area is 126 Å². The maximum atomic E-state index is 12.0. The number of carbonyl (C=O) groups excluding carboxylic acids is 2. The molecule has 1 rings (SSSR count).